The number of hydrogen-bond donors (Lipinski definition) is 0. The molecule has 0 bridgehead atoms. The quantitative estimate of drug-likeness (QED) is 0.675. The fourth-order valence-electron chi connectivity index (χ4n) is 3.66. The van der Waals surface area contributed by atoms with Crippen molar-refractivity contribution in [1.82, 2.24) is 0 Å². The van der Waals surface area contributed by atoms with Crippen molar-refractivity contribution in [3.63, 3.8) is 0 Å². The fourth-order valence-corrected chi connectivity index (χ4v) is 5.06. The van der Waals surface area contributed by atoms with Gasteiger partial charge >= 0.3 is 0 Å². The van der Waals surface area contributed by atoms with Crippen molar-refractivity contribution < 1.29 is 9.22 Å². The van der Waals surface area contributed by atoms with Crippen molar-refractivity contribution in [2.75, 3.05) is 0 Å². The van der Waals surface area contributed by atoms with Crippen LogP contribution in [0.2, 0.25) is 18.1 Å². The molecule has 3 heteroatoms. The molecule has 116 valence electrons. The summed E-state index contributed by atoms with van der Waals surface area (Å²) in [5.41, 5.74) is -0.0362. The van der Waals surface area contributed by atoms with Crippen LogP contribution in [0, 0.1) is 11.3 Å². The van der Waals surface area contributed by atoms with Crippen molar-refractivity contribution in [2.45, 2.75) is 90.5 Å². The Morgan fingerprint density at radius 3 is 2.50 bits per heavy atom. The molecule has 0 unspecified atom stereocenters. The van der Waals surface area contributed by atoms with Gasteiger partial charge in [0.25, 0.3) is 0 Å². The second kappa shape index (κ2) is 5.24. The van der Waals surface area contributed by atoms with E-state index in [-0.39, 0.29) is 10.5 Å². The van der Waals surface area contributed by atoms with Crippen molar-refractivity contribution in [3.05, 3.63) is 0 Å². The van der Waals surface area contributed by atoms with E-state index in [0.29, 0.717) is 17.8 Å². The molecule has 0 saturated heterocycles. The molecule has 2 saturated carbocycles. The summed E-state index contributed by atoms with van der Waals surface area (Å²) in [6.07, 6.45) is 6.72. The molecule has 2 aliphatic carbocycles. The zero-order valence-corrected chi connectivity index (χ0v) is 15.2. The number of carbonyl (C=O) groups is 1. The minimum Gasteiger partial charge on any atom is -0.414 e. The Bertz CT molecular complexity index is 383. The number of Topliss-reactive ketones (excluding diaryl/α,β-unsaturated/α-hetero) is 1. The normalized spacial score (nSPS) is 35.8. The standard InChI is InChI=1S/C17H32O2Si/c1-16(2,3)20(5,6)19-14-10-11-17(4)13(12-14)8-7-9-15(17)18/h13-14H,7-12H2,1-6H3/t13-,14-,17-/m1/s1. The first kappa shape index (κ1) is 16.2. The van der Waals surface area contributed by atoms with Crippen LogP contribution in [0.3, 0.4) is 0 Å². The van der Waals surface area contributed by atoms with Gasteiger partial charge in [-0.1, -0.05) is 27.7 Å². The highest BCUT2D eigenvalue weighted by Crippen LogP contribution is 2.50. The van der Waals surface area contributed by atoms with E-state index in [1.807, 2.05) is 0 Å². The van der Waals surface area contributed by atoms with E-state index in [2.05, 4.69) is 40.8 Å². The summed E-state index contributed by atoms with van der Waals surface area (Å²) in [5.74, 6) is 1.08. The third kappa shape index (κ3) is 2.89. The third-order valence-electron chi connectivity index (χ3n) is 6.30. The average molecular weight is 297 g/mol. The predicted octanol–water partition coefficient (Wildman–Crippen LogP) is 4.94. The smallest absolute Gasteiger partial charge is 0.192 e. The van der Waals surface area contributed by atoms with Gasteiger partial charge in [-0.05, 0) is 56.2 Å². The van der Waals surface area contributed by atoms with Crippen LogP contribution in [0.15, 0.2) is 0 Å². The molecule has 0 aromatic carbocycles. The number of carbonyl (C=O) groups excluding carboxylic acids is 1. The van der Waals surface area contributed by atoms with Crippen LogP contribution < -0.4 is 0 Å². The van der Waals surface area contributed by atoms with Crippen LogP contribution in [-0.4, -0.2) is 20.2 Å². The van der Waals surface area contributed by atoms with E-state index in [0.717, 1.165) is 32.1 Å². The lowest BCUT2D eigenvalue weighted by atomic mass is 9.59. The summed E-state index contributed by atoms with van der Waals surface area (Å²) in [4.78, 5) is 12.3. The Hall–Kier alpha value is -0.153. The molecule has 2 aliphatic rings. The van der Waals surface area contributed by atoms with Crippen molar-refractivity contribution >= 4 is 14.1 Å². The maximum Gasteiger partial charge on any atom is 0.192 e. The summed E-state index contributed by atoms with van der Waals surface area (Å²) in [6.45, 7) is 13.8. The van der Waals surface area contributed by atoms with Crippen LogP contribution in [-0.2, 0) is 9.22 Å². The van der Waals surface area contributed by atoms with Gasteiger partial charge in [0.15, 0.2) is 8.32 Å². The summed E-state index contributed by atoms with van der Waals surface area (Å²) < 4.78 is 6.60. The zero-order chi connectivity index (χ0) is 15.2. The van der Waals surface area contributed by atoms with Gasteiger partial charge in [-0.3, -0.25) is 4.79 Å². The highest BCUT2D eigenvalue weighted by molar-refractivity contribution is 6.74. The molecule has 0 spiro atoms. The molecule has 2 rings (SSSR count). The van der Waals surface area contributed by atoms with E-state index in [4.69, 9.17) is 4.43 Å². The Balaban J connectivity index is 2.04. The monoisotopic (exact) mass is 296 g/mol. The maximum absolute atomic E-state index is 12.3. The minimum absolute atomic E-state index is 0.0362. The van der Waals surface area contributed by atoms with Crippen molar-refractivity contribution in [2.24, 2.45) is 11.3 Å². The van der Waals surface area contributed by atoms with E-state index in [9.17, 15) is 4.79 Å². The molecule has 2 nitrogen and oxygen atoms in total. The summed E-state index contributed by atoms with van der Waals surface area (Å²) in [7, 11) is -1.68. The third-order valence-corrected chi connectivity index (χ3v) is 10.8. The molecule has 0 N–H and O–H groups in total. The van der Waals surface area contributed by atoms with Crippen LogP contribution in [0.5, 0.6) is 0 Å². The minimum atomic E-state index is -1.68. The molecule has 0 aromatic rings. The Morgan fingerprint density at radius 1 is 1.25 bits per heavy atom. The Morgan fingerprint density at radius 2 is 1.90 bits per heavy atom. The van der Waals surface area contributed by atoms with Crippen LogP contribution in [0.4, 0.5) is 0 Å². The SMILES string of the molecule is CC(C)(C)[Si](C)(C)O[C@@H]1CC[C@@]2(C)C(=O)CCC[C@@H]2C1. The summed E-state index contributed by atoms with van der Waals surface area (Å²) in [5, 5.41) is 0.274. The van der Waals surface area contributed by atoms with Gasteiger partial charge in [-0.15, -0.1) is 0 Å². The van der Waals surface area contributed by atoms with E-state index in [1.165, 1.54) is 6.42 Å². The summed E-state index contributed by atoms with van der Waals surface area (Å²) >= 11 is 0. The first-order valence-electron chi connectivity index (χ1n) is 8.27. The van der Waals surface area contributed by atoms with Crippen LogP contribution in [0.1, 0.15) is 66.2 Å². The average Bonchev–Trinajstić information content (AvgIpc) is 2.30. The molecule has 0 amide bonds. The number of rotatable bonds is 2. The highest BCUT2D eigenvalue weighted by atomic mass is 28.4. The molecule has 3 atom stereocenters. The topological polar surface area (TPSA) is 26.3 Å². The molecular formula is C17H32O2Si. The fraction of sp³-hybridized carbons (Fsp3) is 0.941. The van der Waals surface area contributed by atoms with Crippen LogP contribution >= 0.6 is 0 Å². The molecule has 0 aromatic heterocycles. The lowest BCUT2D eigenvalue weighted by Crippen LogP contribution is -2.49. The molecule has 0 heterocycles. The second-order valence-corrected chi connectivity index (χ2v) is 13.5. The second-order valence-electron chi connectivity index (χ2n) is 8.70. The molecule has 20 heavy (non-hydrogen) atoms. The van der Waals surface area contributed by atoms with Gasteiger partial charge in [-0.2, -0.15) is 0 Å². The molecule has 2 fully saturated rings. The lowest BCUT2D eigenvalue weighted by Gasteiger charge is -2.48. The predicted molar refractivity (Wildman–Crippen MR) is 86.4 cm³/mol. The van der Waals surface area contributed by atoms with Gasteiger partial charge in [0.2, 0.25) is 0 Å². The molecule has 0 aliphatic heterocycles. The zero-order valence-electron chi connectivity index (χ0n) is 14.2. The van der Waals surface area contributed by atoms with E-state index < -0.39 is 8.32 Å². The van der Waals surface area contributed by atoms with Gasteiger partial charge in [0.1, 0.15) is 5.78 Å². The van der Waals surface area contributed by atoms with Crippen LogP contribution in [0.25, 0.3) is 0 Å². The van der Waals surface area contributed by atoms with E-state index in [1.54, 1.807) is 0 Å². The summed E-state index contributed by atoms with van der Waals surface area (Å²) in [6, 6.07) is 0. The molecule has 0 radical (unpaired) electrons. The van der Waals surface area contributed by atoms with Crippen molar-refractivity contribution in [3.8, 4) is 0 Å². The highest BCUT2D eigenvalue weighted by Gasteiger charge is 2.48. The number of fused-ring (bicyclic) bond motifs is 1. The number of hydrogen-bond acceptors (Lipinski definition) is 2. The number of ketones is 1. The molecular weight excluding hydrogens is 264 g/mol. The Kier molecular flexibility index (Phi) is 4.25. The van der Waals surface area contributed by atoms with E-state index >= 15 is 0 Å². The first-order chi connectivity index (χ1) is 9.06. The lowest BCUT2D eigenvalue weighted by molar-refractivity contribution is -0.138. The van der Waals surface area contributed by atoms with Gasteiger partial charge in [0.05, 0.1) is 0 Å². The van der Waals surface area contributed by atoms with Crippen molar-refractivity contribution in [1.29, 1.82) is 0 Å². The first-order valence-corrected chi connectivity index (χ1v) is 11.2. The Labute approximate surface area is 125 Å². The largest absolute Gasteiger partial charge is 0.414 e. The van der Waals surface area contributed by atoms with Gasteiger partial charge < -0.3 is 4.43 Å². The maximum atomic E-state index is 12.3. The van der Waals surface area contributed by atoms with Gasteiger partial charge in [0, 0.05) is 17.9 Å². The van der Waals surface area contributed by atoms with Gasteiger partial charge in [-0.25, -0.2) is 0 Å².